The van der Waals surface area contributed by atoms with Crippen LogP contribution < -0.4 is 10.1 Å². The molecule has 1 atom stereocenters. The number of halogens is 2. The second-order valence-corrected chi connectivity index (χ2v) is 4.60. The number of ether oxygens (including phenoxy) is 2. The summed E-state index contributed by atoms with van der Waals surface area (Å²) < 4.78 is 10.2. The number of cyclic esters (lactones) is 1. The van der Waals surface area contributed by atoms with Crippen molar-refractivity contribution >= 4 is 35.3 Å². The summed E-state index contributed by atoms with van der Waals surface area (Å²) in [6.07, 6.45) is -0.965. The molecule has 1 saturated heterocycles. The summed E-state index contributed by atoms with van der Waals surface area (Å²) in [5.74, 6) is -1.07. The molecule has 6 nitrogen and oxygen atoms in total. The number of benzene rings is 1. The van der Waals surface area contributed by atoms with Crippen molar-refractivity contribution in [2.75, 3.05) is 13.2 Å². The van der Waals surface area contributed by atoms with Gasteiger partial charge in [0.1, 0.15) is 12.4 Å². The molecule has 0 spiro atoms. The van der Waals surface area contributed by atoms with Gasteiger partial charge in [0.25, 0.3) is 0 Å². The fourth-order valence-corrected chi connectivity index (χ4v) is 1.99. The Labute approximate surface area is 118 Å². The summed E-state index contributed by atoms with van der Waals surface area (Å²) in [5.41, 5.74) is -0.147. The molecule has 2 rings (SSSR count). The summed E-state index contributed by atoms with van der Waals surface area (Å²) in [7, 11) is 0. The number of amides is 1. The number of alkyl carbamates (subject to hydrolysis) is 1. The van der Waals surface area contributed by atoms with E-state index >= 15 is 0 Å². The van der Waals surface area contributed by atoms with Crippen LogP contribution in [0.1, 0.15) is 10.4 Å². The first-order valence-electron chi connectivity index (χ1n) is 5.27. The van der Waals surface area contributed by atoms with Crippen LogP contribution in [-0.2, 0) is 4.74 Å². The molecule has 102 valence electrons. The third-order valence-electron chi connectivity index (χ3n) is 2.41. The molecule has 0 aromatic heterocycles. The number of nitrogens with one attached hydrogen (secondary N) is 1. The van der Waals surface area contributed by atoms with Crippen LogP contribution in [0.3, 0.4) is 0 Å². The molecule has 1 aliphatic heterocycles. The van der Waals surface area contributed by atoms with E-state index in [9.17, 15) is 9.59 Å². The Kier molecular flexibility index (Phi) is 4.01. The van der Waals surface area contributed by atoms with Crippen molar-refractivity contribution in [1.29, 1.82) is 0 Å². The lowest BCUT2D eigenvalue weighted by molar-refractivity contribution is 0.0696. The lowest BCUT2D eigenvalue weighted by atomic mass is 10.2. The van der Waals surface area contributed by atoms with E-state index in [-0.39, 0.29) is 28.0 Å². The minimum Gasteiger partial charge on any atom is -0.488 e. The zero-order valence-corrected chi connectivity index (χ0v) is 11.0. The third-order valence-corrected chi connectivity index (χ3v) is 3.01. The Morgan fingerprint density at radius 3 is 2.84 bits per heavy atom. The molecular weight excluding hydrogens is 297 g/mol. The number of carboxylic acid groups (broad SMARTS) is 1. The van der Waals surface area contributed by atoms with Crippen LogP contribution in [-0.4, -0.2) is 36.4 Å². The van der Waals surface area contributed by atoms with Crippen LogP contribution in [0.15, 0.2) is 12.1 Å². The zero-order valence-electron chi connectivity index (χ0n) is 9.48. The van der Waals surface area contributed by atoms with Gasteiger partial charge in [-0.25, -0.2) is 9.59 Å². The Bertz CT molecular complexity index is 534. The molecule has 0 radical (unpaired) electrons. The molecule has 1 heterocycles. The molecule has 1 aromatic rings. The monoisotopic (exact) mass is 305 g/mol. The highest BCUT2D eigenvalue weighted by Crippen LogP contribution is 2.32. The lowest BCUT2D eigenvalue weighted by Crippen LogP contribution is -2.22. The van der Waals surface area contributed by atoms with Gasteiger partial charge in [0.05, 0.1) is 17.1 Å². The van der Waals surface area contributed by atoms with Crippen LogP contribution in [0.2, 0.25) is 10.0 Å². The average molecular weight is 306 g/mol. The second-order valence-electron chi connectivity index (χ2n) is 3.79. The van der Waals surface area contributed by atoms with Crippen LogP contribution in [0.4, 0.5) is 4.79 Å². The van der Waals surface area contributed by atoms with Gasteiger partial charge in [-0.15, -0.1) is 0 Å². The summed E-state index contributed by atoms with van der Waals surface area (Å²) in [6.45, 7) is 0.376. The fraction of sp³-hybridized carbons (Fsp3) is 0.273. The fourth-order valence-electron chi connectivity index (χ4n) is 1.53. The molecule has 19 heavy (non-hydrogen) atoms. The minimum atomic E-state index is -1.20. The van der Waals surface area contributed by atoms with Gasteiger partial charge in [0.2, 0.25) is 0 Å². The van der Waals surface area contributed by atoms with E-state index in [1.54, 1.807) is 0 Å². The molecule has 0 aliphatic carbocycles. The third kappa shape index (κ3) is 3.21. The van der Waals surface area contributed by atoms with Gasteiger partial charge in [-0.05, 0) is 6.07 Å². The maximum Gasteiger partial charge on any atom is 0.407 e. The Balaban J connectivity index is 2.11. The number of carbonyl (C=O) groups is 2. The predicted octanol–water partition coefficient (Wildman–Crippen LogP) is 2.18. The smallest absolute Gasteiger partial charge is 0.407 e. The van der Waals surface area contributed by atoms with Crippen molar-refractivity contribution in [3.05, 3.63) is 27.7 Å². The number of aromatic carboxylic acids is 1. The van der Waals surface area contributed by atoms with Gasteiger partial charge in [-0.3, -0.25) is 0 Å². The van der Waals surface area contributed by atoms with Gasteiger partial charge >= 0.3 is 12.1 Å². The summed E-state index contributed by atoms with van der Waals surface area (Å²) >= 11 is 11.7. The molecule has 1 amide bonds. The maximum absolute atomic E-state index is 11.0. The van der Waals surface area contributed by atoms with Gasteiger partial charge in [0.15, 0.2) is 6.10 Å². The van der Waals surface area contributed by atoms with Crippen LogP contribution in [0.25, 0.3) is 0 Å². The summed E-state index contributed by atoms with van der Waals surface area (Å²) in [4.78, 5) is 21.8. The standard InChI is InChI=1S/C11H9Cl2NO5/c12-5-1-7(10(15)16)9(13)8(2-5)18-4-6-3-14-11(17)19-6/h1-2,6H,3-4H2,(H,14,17)(H,15,16). The first-order valence-corrected chi connectivity index (χ1v) is 6.02. The van der Waals surface area contributed by atoms with Crippen molar-refractivity contribution in [1.82, 2.24) is 5.32 Å². The molecule has 0 saturated carbocycles. The van der Waals surface area contributed by atoms with E-state index in [0.717, 1.165) is 0 Å². The molecular formula is C11H9Cl2NO5. The highest BCUT2D eigenvalue weighted by molar-refractivity contribution is 6.36. The average Bonchev–Trinajstić information content (AvgIpc) is 2.75. The van der Waals surface area contributed by atoms with E-state index in [1.807, 2.05) is 0 Å². The molecule has 1 aromatic carbocycles. The van der Waals surface area contributed by atoms with E-state index in [4.69, 9.17) is 37.8 Å². The van der Waals surface area contributed by atoms with E-state index in [1.165, 1.54) is 12.1 Å². The SMILES string of the molecule is O=C1NCC(COc2cc(Cl)cc(C(=O)O)c2Cl)O1. The number of hydrogen-bond donors (Lipinski definition) is 2. The molecule has 1 aliphatic rings. The topological polar surface area (TPSA) is 84.9 Å². The van der Waals surface area contributed by atoms with Crippen LogP contribution >= 0.6 is 23.2 Å². The van der Waals surface area contributed by atoms with E-state index in [0.29, 0.717) is 6.54 Å². The number of hydrogen-bond acceptors (Lipinski definition) is 4. The zero-order chi connectivity index (χ0) is 14.0. The predicted molar refractivity (Wildman–Crippen MR) is 67.2 cm³/mol. The van der Waals surface area contributed by atoms with Gasteiger partial charge < -0.3 is 19.9 Å². The highest BCUT2D eigenvalue weighted by Gasteiger charge is 2.24. The Morgan fingerprint density at radius 1 is 1.53 bits per heavy atom. The van der Waals surface area contributed by atoms with E-state index < -0.39 is 18.2 Å². The first-order chi connectivity index (χ1) is 8.97. The Hall–Kier alpha value is -1.66. The van der Waals surface area contributed by atoms with Gasteiger partial charge in [-0.1, -0.05) is 23.2 Å². The molecule has 0 bridgehead atoms. The number of carboxylic acids is 1. The maximum atomic E-state index is 11.0. The highest BCUT2D eigenvalue weighted by atomic mass is 35.5. The molecule has 8 heteroatoms. The normalized spacial score (nSPS) is 17.8. The first kappa shape index (κ1) is 13.8. The van der Waals surface area contributed by atoms with Crippen molar-refractivity contribution in [3.63, 3.8) is 0 Å². The molecule has 1 fully saturated rings. The molecule has 2 N–H and O–H groups in total. The largest absolute Gasteiger partial charge is 0.488 e. The van der Waals surface area contributed by atoms with E-state index in [2.05, 4.69) is 5.32 Å². The minimum absolute atomic E-state index is 0.0471. The molecule has 1 unspecified atom stereocenters. The van der Waals surface area contributed by atoms with Crippen molar-refractivity contribution in [2.45, 2.75) is 6.10 Å². The summed E-state index contributed by atoms with van der Waals surface area (Å²) in [5, 5.41) is 11.6. The van der Waals surface area contributed by atoms with Crippen molar-refractivity contribution < 1.29 is 24.2 Å². The van der Waals surface area contributed by atoms with Crippen molar-refractivity contribution in [2.24, 2.45) is 0 Å². The van der Waals surface area contributed by atoms with Crippen molar-refractivity contribution in [3.8, 4) is 5.75 Å². The summed E-state index contributed by atoms with van der Waals surface area (Å²) in [6, 6.07) is 2.64. The number of carbonyl (C=O) groups excluding carboxylic acids is 1. The lowest BCUT2D eigenvalue weighted by Gasteiger charge is -2.13. The van der Waals surface area contributed by atoms with Crippen LogP contribution in [0.5, 0.6) is 5.75 Å². The van der Waals surface area contributed by atoms with Gasteiger partial charge in [0, 0.05) is 11.1 Å². The Morgan fingerprint density at radius 2 is 2.26 bits per heavy atom. The second kappa shape index (κ2) is 5.54. The van der Waals surface area contributed by atoms with Gasteiger partial charge in [-0.2, -0.15) is 0 Å². The van der Waals surface area contributed by atoms with Crippen LogP contribution in [0, 0.1) is 0 Å². The number of rotatable bonds is 4. The quantitative estimate of drug-likeness (QED) is 0.890.